The molecule has 4 atom stereocenters. The first kappa shape index (κ1) is 14.3. The zero-order valence-electron chi connectivity index (χ0n) is 11.5. The number of nitrogens with one attached hydrogen (secondary N) is 2. The number of hydrogen-bond acceptors (Lipinski definition) is 4. The van der Waals surface area contributed by atoms with E-state index in [1.165, 1.54) is 38.5 Å². The van der Waals surface area contributed by atoms with Crippen molar-refractivity contribution in [1.29, 1.82) is 0 Å². The molecule has 4 unspecified atom stereocenters. The van der Waals surface area contributed by atoms with E-state index in [1.807, 2.05) is 0 Å². The fourth-order valence-corrected chi connectivity index (χ4v) is 3.37. The van der Waals surface area contributed by atoms with Crippen LogP contribution >= 0.6 is 0 Å². The van der Waals surface area contributed by atoms with Gasteiger partial charge in [-0.3, -0.25) is 0 Å². The van der Waals surface area contributed by atoms with E-state index in [0.717, 1.165) is 6.54 Å². The van der Waals surface area contributed by atoms with E-state index in [4.69, 9.17) is 5.11 Å². The first-order chi connectivity index (χ1) is 8.62. The third-order valence-electron chi connectivity index (χ3n) is 4.52. The molecule has 4 heteroatoms. The third-order valence-corrected chi connectivity index (χ3v) is 4.52. The molecule has 0 bridgehead atoms. The second kappa shape index (κ2) is 6.33. The lowest BCUT2D eigenvalue weighted by Gasteiger charge is -2.34. The van der Waals surface area contributed by atoms with Gasteiger partial charge in [0.2, 0.25) is 0 Å². The summed E-state index contributed by atoms with van der Waals surface area (Å²) in [7, 11) is 0. The van der Waals surface area contributed by atoms with Gasteiger partial charge in [0, 0.05) is 18.6 Å². The predicted molar refractivity (Wildman–Crippen MR) is 72.5 cm³/mol. The normalized spacial score (nSPS) is 36.5. The maximum absolute atomic E-state index is 9.85. The summed E-state index contributed by atoms with van der Waals surface area (Å²) < 4.78 is 0. The summed E-state index contributed by atoms with van der Waals surface area (Å²) in [6.07, 6.45) is 7.71. The van der Waals surface area contributed by atoms with Crippen LogP contribution in [0.4, 0.5) is 0 Å². The van der Waals surface area contributed by atoms with Gasteiger partial charge in [0.1, 0.15) is 0 Å². The number of aliphatic hydroxyl groups is 2. The van der Waals surface area contributed by atoms with Crippen LogP contribution in [0.1, 0.15) is 45.4 Å². The molecule has 4 nitrogen and oxygen atoms in total. The van der Waals surface area contributed by atoms with Gasteiger partial charge in [0.05, 0.1) is 12.2 Å². The minimum Gasteiger partial charge on any atom is -0.393 e. The summed E-state index contributed by atoms with van der Waals surface area (Å²) in [5.41, 5.74) is -0.993. The summed E-state index contributed by atoms with van der Waals surface area (Å²) in [6.45, 7) is 3.14. The van der Waals surface area contributed by atoms with Gasteiger partial charge in [0.25, 0.3) is 0 Å². The van der Waals surface area contributed by atoms with Crippen molar-refractivity contribution in [3.8, 4) is 0 Å². The lowest BCUT2D eigenvalue weighted by Crippen LogP contribution is -2.50. The minimum atomic E-state index is -0.993. The predicted octanol–water partition coefficient (Wildman–Crippen LogP) is 0.630. The Morgan fingerprint density at radius 2 is 2.06 bits per heavy atom. The van der Waals surface area contributed by atoms with Crippen molar-refractivity contribution in [2.45, 2.75) is 63.1 Å². The minimum absolute atomic E-state index is 0.181. The number of rotatable bonds is 5. The van der Waals surface area contributed by atoms with Crippen molar-refractivity contribution in [1.82, 2.24) is 10.6 Å². The van der Waals surface area contributed by atoms with E-state index in [1.54, 1.807) is 6.92 Å². The highest BCUT2D eigenvalue weighted by Crippen LogP contribution is 2.31. The fourth-order valence-electron chi connectivity index (χ4n) is 3.37. The lowest BCUT2D eigenvalue weighted by atomic mass is 9.88. The molecule has 0 amide bonds. The summed E-state index contributed by atoms with van der Waals surface area (Å²) in [4.78, 5) is 0. The van der Waals surface area contributed by atoms with Gasteiger partial charge in [0.15, 0.2) is 0 Å². The van der Waals surface area contributed by atoms with Crippen LogP contribution in [0.25, 0.3) is 0 Å². The maximum Gasteiger partial charge on any atom is 0.0972 e. The molecule has 0 radical (unpaired) electrons. The quantitative estimate of drug-likeness (QED) is 0.582. The molecule has 1 aliphatic heterocycles. The van der Waals surface area contributed by atoms with Crippen molar-refractivity contribution < 1.29 is 10.2 Å². The van der Waals surface area contributed by atoms with Crippen LogP contribution in [0.15, 0.2) is 0 Å². The molecule has 2 aliphatic rings. The molecule has 1 heterocycles. The van der Waals surface area contributed by atoms with Crippen LogP contribution in [-0.2, 0) is 0 Å². The molecule has 1 aliphatic carbocycles. The van der Waals surface area contributed by atoms with Crippen molar-refractivity contribution in [2.75, 3.05) is 19.7 Å². The lowest BCUT2D eigenvalue weighted by molar-refractivity contribution is -0.000680. The van der Waals surface area contributed by atoms with Gasteiger partial charge in [-0.15, -0.1) is 0 Å². The van der Waals surface area contributed by atoms with Gasteiger partial charge in [-0.25, -0.2) is 0 Å². The van der Waals surface area contributed by atoms with Crippen LogP contribution < -0.4 is 10.6 Å². The zero-order chi connectivity index (χ0) is 13.0. The molecule has 0 aromatic rings. The highest BCUT2D eigenvalue weighted by molar-refractivity contribution is 4.93. The van der Waals surface area contributed by atoms with E-state index >= 15 is 0 Å². The van der Waals surface area contributed by atoms with E-state index in [0.29, 0.717) is 24.5 Å². The molecule has 0 aromatic carbocycles. The van der Waals surface area contributed by atoms with E-state index in [-0.39, 0.29) is 6.61 Å². The smallest absolute Gasteiger partial charge is 0.0972 e. The van der Waals surface area contributed by atoms with Gasteiger partial charge < -0.3 is 20.8 Å². The van der Waals surface area contributed by atoms with Crippen molar-refractivity contribution in [3.05, 3.63) is 0 Å². The Hall–Kier alpha value is -0.160. The van der Waals surface area contributed by atoms with E-state index in [2.05, 4.69) is 10.6 Å². The van der Waals surface area contributed by atoms with Gasteiger partial charge in [-0.2, -0.15) is 0 Å². The number of piperidine rings is 1. The first-order valence-electron chi connectivity index (χ1n) is 7.42. The zero-order valence-corrected chi connectivity index (χ0v) is 11.5. The number of aliphatic hydroxyl groups excluding tert-OH is 1. The Labute approximate surface area is 110 Å². The first-order valence-corrected chi connectivity index (χ1v) is 7.42. The topological polar surface area (TPSA) is 64.5 Å². The van der Waals surface area contributed by atoms with Gasteiger partial charge >= 0.3 is 0 Å². The largest absolute Gasteiger partial charge is 0.393 e. The Balaban J connectivity index is 1.83. The average molecular weight is 256 g/mol. The van der Waals surface area contributed by atoms with Crippen molar-refractivity contribution in [3.63, 3.8) is 0 Å². The Kier molecular flexibility index (Phi) is 5.01. The maximum atomic E-state index is 9.85. The second-order valence-corrected chi connectivity index (χ2v) is 6.29. The van der Waals surface area contributed by atoms with Crippen molar-refractivity contribution >= 4 is 0 Å². The van der Waals surface area contributed by atoms with Crippen LogP contribution in [0, 0.1) is 5.92 Å². The molecule has 18 heavy (non-hydrogen) atoms. The molecule has 106 valence electrons. The molecule has 2 fully saturated rings. The summed E-state index contributed by atoms with van der Waals surface area (Å²) in [6, 6.07) is 1.15. The van der Waals surface area contributed by atoms with Crippen molar-refractivity contribution in [2.24, 2.45) is 5.92 Å². The van der Waals surface area contributed by atoms with E-state index < -0.39 is 5.60 Å². The van der Waals surface area contributed by atoms with Gasteiger partial charge in [-0.1, -0.05) is 12.8 Å². The Morgan fingerprint density at radius 1 is 1.22 bits per heavy atom. The van der Waals surface area contributed by atoms with Crippen LogP contribution in [-0.4, -0.2) is 47.6 Å². The molecule has 0 spiro atoms. The number of hydrogen-bond donors (Lipinski definition) is 4. The van der Waals surface area contributed by atoms with Crippen LogP contribution in [0.5, 0.6) is 0 Å². The van der Waals surface area contributed by atoms with E-state index in [9.17, 15) is 5.11 Å². The highest BCUT2D eigenvalue weighted by atomic mass is 16.3. The van der Waals surface area contributed by atoms with Crippen LogP contribution in [0.3, 0.4) is 0 Å². The molecule has 2 rings (SSSR count). The summed E-state index contributed by atoms with van der Waals surface area (Å²) >= 11 is 0. The third kappa shape index (κ3) is 3.67. The molecular weight excluding hydrogens is 228 g/mol. The second-order valence-electron chi connectivity index (χ2n) is 6.29. The Bertz CT molecular complexity index is 252. The van der Waals surface area contributed by atoms with Crippen LogP contribution in [0.2, 0.25) is 0 Å². The molecule has 4 N–H and O–H groups in total. The molecule has 1 saturated carbocycles. The van der Waals surface area contributed by atoms with Gasteiger partial charge in [-0.05, 0) is 45.1 Å². The Morgan fingerprint density at radius 3 is 2.72 bits per heavy atom. The average Bonchev–Trinajstić information content (AvgIpc) is 2.86. The monoisotopic (exact) mass is 256 g/mol. The SMILES string of the molecule is CC(O)(CO)CNC1CCCC1C1CCCCN1. The fraction of sp³-hybridized carbons (Fsp3) is 1.00. The molecular formula is C14H28N2O2. The summed E-state index contributed by atoms with van der Waals surface area (Å²) in [5, 5.41) is 26.1. The standard InChI is InChI=1S/C14H28N2O2/c1-14(18,10-17)9-16-13-7-4-5-11(13)12-6-2-3-8-15-12/h11-13,15-18H,2-10H2,1H3. The molecule has 1 saturated heterocycles. The molecule has 0 aromatic heterocycles. The highest BCUT2D eigenvalue weighted by Gasteiger charge is 2.34. The summed E-state index contributed by atoms with van der Waals surface area (Å²) in [5.74, 6) is 0.694.